The molecule has 1 saturated carbocycles. The number of aliphatic imine (C=N–C) groups is 1. The summed E-state index contributed by atoms with van der Waals surface area (Å²) in [6.45, 7) is 4.94. The van der Waals surface area contributed by atoms with Crippen molar-refractivity contribution in [1.29, 1.82) is 0 Å². The van der Waals surface area contributed by atoms with Crippen LogP contribution >= 0.6 is 35.6 Å². The van der Waals surface area contributed by atoms with Gasteiger partial charge in [-0.05, 0) is 32.0 Å². The van der Waals surface area contributed by atoms with Gasteiger partial charge in [-0.15, -0.1) is 24.0 Å². The van der Waals surface area contributed by atoms with Crippen LogP contribution in [0.15, 0.2) is 23.2 Å². The predicted octanol–water partition coefficient (Wildman–Crippen LogP) is 3.71. The Balaban J connectivity index is 0.00000261. The molecule has 0 radical (unpaired) electrons. The van der Waals surface area contributed by atoms with E-state index in [2.05, 4.69) is 44.6 Å². The number of benzene rings is 1. The first-order chi connectivity index (χ1) is 12.7. The molecular weight excluding hydrogens is 473 g/mol. The predicted molar refractivity (Wildman–Crippen MR) is 127 cm³/mol. The molecule has 27 heavy (non-hydrogen) atoms. The third-order valence-corrected chi connectivity index (χ3v) is 5.89. The lowest BCUT2D eigenvalue weighted by molar-refractivity contribution is 0.312. The minimum atomic E-state index is 0. The Morgan fingerprint density at radius 2 is 1.85 bits per heavy atom. The van der Waals surface area contributed by atoms with Gasteiger partial charge in [0.1, 0.15) is 0 Å². The molecule has 7 heteroatoms. The van der Waals surface area contributed by atoms with Gasteiger partial charge in [-0.1, -0.05) is 36.9 Å². The van der Waals surface area contributed by atoms with Crippen LogP contribution < -0.4 is 15.5 Å². The molecule has 5 nitrogen and oxygen atoms in total. The van der Waals surface area contributed by atoms with E-state index in [0.717, 1.165) is 42.7 Å². The minimum absolute atomic E-state index is 0. The van der Waals surface area contributed by atoms with Gasteiger partial charge in [0.25, 0.3) is 0 Å². The van der Waals surface area contributed by atoms with E-state index in [1.807, 2.05) is 13.1 Å². The van der Waals surface area contributed by atoms with E-state index >= 15 is 0 Å². The number of hydrogen-bond acceptors (Lipinski definition) is 3. The minimum Gasteiger partial charge on any atom is -0.369 e. The fourth-order valence-electron chi connectivity index (χ4n) is 3.87. The van der Waals surface area contributed by atoms with Gasteiger partial charge < -0.3 is 20.4 Å². The largest absolute Gasteiger partial charge is 0.369 e. The summed E-state index contributed by atoms with van der Waals surface area (Å²) in [4.78, 5) is 9.22. The van der Waals surface area contributed by atoms with Crippen LogP contribution in [0.2, 0.25) is 5.02 Å². The summed E-state index contributed by atoms with van der Waals surface area (Å²) >= 11 is 6.56. The lowest BCUT2D eigenvalue weighted by atomic mass is 9.96. The maximum Gasteiger partial charge on any atom is 0.191 e. The van der Waals surface area contributed by atoms with Crippen molar-refractivity contribution in [2.75, 3.05) is 45.2 Å². The second kappa shape index (κ2) is 11.3. The number of nitrogens with zero attached hydrogens (tertiary/aromatic N) is 3. The summed E-state index contributed by atoms with van der Waals surface area (Å²) in [6.07, 6.45) is 6.45. The van der Waals surface area contributed by atoms with E-state index in [1.54, 1.807) is 0 Å². The Labute approximate surface area is 185 Å². The van der Waals surface area contributed by atoms with Crippen LogP contribution in [0.3, 0.4) is 0 Å². The average Bonchev–Trinajstić information content (AvgIpc) is 2.67. The van der Waals surface area contributed by atoms with Gasteiger partial charge in [-0.3, -0.25) is 4.99 Å². The van der Waals surface area contributed by atoms with Gasteiger partial charge in [0.2, 0.25) is 0 Å². The van der Waals surface area contributed by atoms with E-state index in [4.69, 9.17) is 11.6 Å². The zero-order valence-electron chi connectivity index (χ0n) is 16.5. The molecular formula is C20H33ClIN5. The van der Waals surface area contributed by atoms with E-state index in [1.165, 1.54) is 37.8 Å². The van der Waals surface area contributed by atoms with Gasteiger partial charge in [0.05, 0.1) is 0 Å². The molecule has 0 aromatic heterocycles. The summed E-state index contributed by atoms with van der Waals surface area (Å²) in [5.41, 5.74) is 2.40. The molecule has 0 amide bonds. The van der Waals surface area contributed by atoms with Crippen molar-refractivity contribution in [3.8, 4) is 0 Å². The van der Waals surface area contributed by atoms with Crippen molar-refractivity contribution in [3.63, 3.8) is 0 Å². The molecule has 1 aromatic rings. The number of halogens is 2. The first kappa shape index (κ1) is 22.6. The van der Waals surface area contributed by atoms with E-state index in [-0.39, 0.29) is 24.0 Å². The first-order valence-corrected chi connectivity index (χ1v) is 10.2. The summed E-state index contributed by atoms with van der Waals surface area (Å²) in [5, 5.41) is 7.88. The molecule has 1 heterocycles. The van der Waals surface area contributed by atoms with Crippen LogP contribution in [-0.4, -0.2) is 57.2 Å². The second-order valence-electron chi connectivity index (χ2n) is 7.43. The summed E-state index contributed by atoms with van der Waals surface area (Å²) in [7, 11) is 4.02. The molecule has 3 rings (SSSR count). The fourth-order valence-corrected chi connectivity index (χ4v) is 4.11. The number of guanidine groups is 1. The van der Waals surface area contributed by atoms with Gasteiger partial charge in [-0.25, -0.2) is 0 Å². The van der Waals surface area contributed by atoms with Crippen molar-refractivity contribution >= 4 is 47.2 Å². The molecule has 1 aliphatic carbocycles. The van der Waals surface area contributed by atoms with Crippen LogP contribution in [0.5, 0.6) is 0 Å². The number of hydrogen-bond donors (Lipinski definition) is 2. The Hall–Kier alpha value is -0.730. The zero-order valence-corrected chi connectivity index (χ0v) is 19.6. The molecule has 152 valence electrons. The van der Waals surface area contributed by atoms with Crippen LogP contribution in [0.1, 0.15) is 37.7 Å². The van der Waals surface area contributed by atoms with Crippen molar-refractivity contribution in [1.82, 2.24) is 15.5 Å². The Morgan fingerprint density at radius 1 is 1.15 bits per heavy atom. The highest BCUT2D eigenvalue weighted by atomic mass is 127. The lowest BCUT2D eigenvalue weighted by Crippen LogP contribution is -2.45. The smallest absolute Gasteiger partial charge is 0.191 e. The molecule has 1 aromatic carbocycles. The summed E-state index contributed by atoms with van der Waals surface area (Å²) in [6, 6.07) is 6.76. The van der Waals surface area contributed by atoms with Gasteiger partial charge >= 0.3 is 0 Å². The maximum absolute atomic E-state index is 6.56. The van der Waals surface area contributed by atoms with Crippen molar-refractivity contribution in [2.45, 2.75) is 44.7 Å². The summed E-state index contributed by atoms with van der Waals surface area (Å²) < 4.78 is 0. The van der Waals surface area contributed by atoms with Crippen LogP contribution in [-0.2, 0) is 6.54 Å². The van der Waals surface area contributed by atoms with Gasteiger partial charge in [-0.2, -0.15) is 0 Å². The summed E-state index contributed by atoms with van der Waals surface area (Å²) in [5.74, 6) is 0.876. The monoisotopic (exact) mass is 505 g/mol. The first-order valence-electron chi connectivity index (χ1n) is 9.85. The lowest BCUT2D eigenvalue weighted by Gasteiger charge is -2.35. The van der Waals surface area contributed by atoms with Crippen molar-refractivity contribution in [3.05, 3.63) is 28.8 Å². The van der Waals surface area contributed by atoms with E-state index in [0.29, 0.717) is 12.6 Å². The highest BCUT2D eigenvalue weighted by Gasteiger charge is 2.19. The maximum atomic E-state index is 6.56. The highest BCUT2D eigenvalue weighted by molar-refractivity contribution is 14.0. The number of rotatable bonds is 4. The molecule has 0 unspecified atom stereocenters. The number of anilines is 1. The van der Waals surface area contributed by atoms with Gasteiger partial charge in [0.15, 0.2) is 5.96 Å². The fraction of sp³-hybridized carbons (Fsp3) is 0.650. The van der Waals surface area contributed by atoms with E-state index in [9.17, 15) is 0 Å². The number of nitrogens with one attached hydrogen (secondary N) is 2. The average molecular weight is 506 g/mol. The molecule has 0 spiro atoms. The molecule has 2 aliphatic rings. The molecule has 0 atom stereocenters. The molecule has 2 fully saturated rings. The van der Waals surface area contributed by atoms with Gasteiger partial charge in [0, 0.05) is 62.1 Å². The SMILES string of the molecule is CN=C(NCc1c(Cl)cccc1N1CCN(C)CC1)NC1CCCCC1.I. The quantitative estimate of drug-likeness (QED) is 0.372. The number of likely N-dealkylation sites (N-methyl/N-ethyl adjacent to an activating group) is 1. The Kier molecular flexibility index (Phi) is 9.45. The third kappa shape index (κ3) is 6.39. The number of piperazine rings is 1. The van der Waals surface area contributed by atoms with Crippen LogP contribution in [0.25, 0.3) is 0 Å². The zero-order chi connectivity index (χ0) is 18.4. The molecule has 0 bridgehead atoms. The van der Waals surface area contributed by atoms with E-state index < -0.39 is 0 Å². The standard InChI is InChI=1S/C20H32ClN5.HI/c1-22-20(24-16-7-4-3-5-8-16)23-15-17-18(21)9-6-10-19(17)26-13-11-25(2)12-14-26;/h6,9-10,16H,3-5,7-8,11-15H2,1-2H3,(H2,22,23,24);1H. The highest BCUT2D eigenvalue weighted by Crippen LogP contribution is 2.28. The topological polar surface area (TPSA) is 42.9 Å². The normalized spacial score (nSPS) is 19.5. The Bertz CT molecular complexity index is 610. The van der Waals surface area contributed by atoms with Crippen LogP contribution in [0.4, 0.5) is 5.69 Å². The molecule has 1 saturated heterocycles. The molecule has 2 N–H and O–H groups in total. The Morgan fingerprint density at radius 3 is 2.52 bits per heavy atom. The third-order valence-electron chi connectivity index (χ3n) is 5.54. The van der Waals surface area contributed by atoms with Crippen LogP contribution in [0, 0.1) is 0 Å². The molecule has 1 aliphatic heterocycles. The van der Waals surface area contributed by atoms with Crippen molar-refractivity contribution in [2.24, 2.45) is 4.99 Å². The van der Waals surface area contributed by atoms with Crippen molar-refractivity contribution < 1.29 is 0 Å². The second-order valence-corrected chi connectivity index (χ2v) is 7.84.